The zero-order chi connectivity index (χ0) is 16.7. The summed E-state index contributed by atoms with van der Waals surface area (Å²) in [4.78, 5) is 25.9. The highest BCUT2D eigenvalue weighted by Crippen LogP contribution is 2.39. The first-order chi connectivity index (χ1) is 11.7. The topological polar surface area (TPSA) is 67.2 Å². The van der Waals surface area contributed by atoms with Crippen LogP contribution in [0.5, 0.6) is 0 Å². The van der Waals surface area contributed by atoms with Gasteiger partial charge in [0.25, 0.3) is 5.95 Å². The number of hydrogen-bond donors (Lipinski definition) is 0. The Kier molecular flexibility index (Phi) is 3.70. The Morgan fingerprint density at radius 3 is 2.75 bits per heavy atom. The van der Waals surface area contributed by atoms with E-state index in [9.17, 15) is 4.79 Å². The van der Waals surface area contributed by atoms with Crippen molar-refractivity contribution in [2.24, 2.45) is 0 Å². The second kappa shape index (κ2) is 5.89. The average Bonchev–Trinajstić information content (AvgIpc) is 3.30. The number of hydrogen-bond acceptors (Lipinski definition) is 5. The first-order valence-electron chi connectivity index (χ1n) is 8.63. The molecule has 0 bridgehead atoms. The molecule has 3 heterocycles. The van der Waals surface area contributed by atoms with Gasteiger partial charge in [0.2, 0.25) is 5.91 Å². The van der Waals surface area contributed by atoms with Crippen LogP contribution in [-0.2, 0) is 4.79 Å². The molecular formula is C17H22N6O. The van der Waals surface area contributed by atoms with Crippen LogP contribution in [0, 0.1) is 0 Å². The SMILES string of the molecule is CCC1C(=O)N(C)c2cnc(-n3cccn3)nc2N1C1CCCC1. The van der Waals surface area contributed by atoms with E-state index in [0.717, 1.165) is 30.8 Å². The van der Waals surface area contributed by atoms with Crippen molar-refractivity contribution in [3.05, 3.63) is 24.7 Å². The molecule has 2 aromatic heterocycles. The first-order valence-corrected chi connectivity index (χ1v) is 8.63. The molecule has 0 aromatic carbocycles. The minimum Gasteiger partial charge on any atom is -0.340 e. The number of anilines is 2. The van der Waals surface area contributed by atoms with E-state index in [-0.39, 0.29) is 11.9 Å². The number of likely N-dealkylation sites (N-methyl/N-ethyl adjacent to an activating group) is 1. The minimum absolute atomic E-state index is 0.132. The van der Waals surface area contributed by atoms with Gasteiger partial charge in [0.15, 0.2) is 5.82 Å². The van der Waals surface area contributed by atoms with Crippen LogP contribution < -0.4 is 9.80 Å². The molecule has 1 unspecified atom stereocenters. The number of rotatable bonds is 3. The fraction of sp³-hybridized carbons (Fsp3) is 0.529. The highest BCUT2D eigenvalue weighted by atomic mass is 16.2. The number of fused-ring (bicyclic) bond motifs is 1. The van der Waals surface area contributed by atoms with Crippen molar-refractivity contribution >= 4 is 17.4 Å². The van der Waals surface area contributed by atoms with Crippen molar-refractivity contribution in [2.45, 2.75) is 51.1 Å². The van der Waals surface area contributed by atoms with Crippen molar-refractivity contribution in [2.75, 3.05) is 16.8 Å². The van der Waals surface area contributed by atoms with Crippen LogP contribution in [0.15, 0.2) is 24.7 Å². The van der Waals surface area contributed by atoms with Gasteiger partial charge in [-0.15, -0.1) is 0 Å². The molecule has 2 aliphatic rings. The zero-order valence-corrected chi connectivity index (χ0v) is 14.1. The lowest BCUT2D eigenvalue weighted by Crippen LogP contribution is -2.55. The molecule has 1 atom stereocenters. The van der Waals surface area contributed by atoms with Crippen molar-refractivity contribution in [1.29, 1.82) is 0 Å². The Labute approximate surface area is 141 Å². The van der Waals surface area contributed by atoms with Crippen LogP contribution in [0.1, 0.15) is 39.0 Å². The van der Waals surface area contributed by atoms with E-state index < -0.39 is 0 Å². The second-order valence-corrected chi connectivity index (χ2v) is 6.50. The maximum Gasteiger partial charge on any atom is 0.252 e. The molecule has 0 spiro atoms. The number of nitrogens with zero attached hydrogens (tertiary/aromatic N) is 6. The van der Waals surface area contributed by atoms with Crippen molar-refractivity contribution in [3.63, 3.8) is 0 Å². The predicted octanol–water partition coefficient (Wildman–Crippen LogP) is 2.17. The molecule has 0 saturated heterocycles. The van der Waals surface area contributed by atoms with Crippen LogP contribution in [0.4, 0.5) is 11.5 Å². The second-order valence-electron chi connectivity index (χ2n) is 6.50. The van der Waals surface area contributed by atoms with Crippen molar-refractivity contribution in [3.8, 4) is 5.95 Å². The molecule has 1 aliphatic carbocycles. The van der Waals surface area contributed by atoms with Gasteiger partial charge in [-0.25, -0.2) is 9.67 Å². The first kappa shape index (κ1) is 15.1. The van der Waals surface area contributed by atoms with E-state index in [1.54, 1.807) is 22.0 Å². The van der Waals surface area contributed by atoms with Gasteiger partial charge in [-0.05, 0) is 25.3 Å². The molecule has 1 fully saturated rings. The fourth-order valence-corrected chi connectivity index (χ4v) is 3.87. The van der Waals surface area contributed by atoms with Crippen LogP contribution in [0.25, 0.3) is 5.95 Å². The van der Waals surface area contributed by atoms with Gasteiger partial charge >= 0.3 is 0 Å². The van der Waals surface area contributed by atoms with E-state index >= 15 is 0 Å². The standard InChI is InChI=1S/C17H22N6O/c1-3-13-16(24)21(2)14-11-18-17(22-10-6-9-19-22)20-15(14)23(13)12-7-4-5-8-12/h6,9-13H,3-5,7-8H2,1-2H3. The Bertz CT molecular complexity index is 738. The summed E-state index contributed by atoms with van der Waals surface area (Å²) in [5, 5.41) is 4.22. The Morgan fingerprint density at radius 2 is 2.08 bits per heavy atom. The summed E-state index contributed by atoms with van der Waals surface area (Å²) < 4.78 is 1.66. The number of aromatic nitrogens is 4. The van der Waals surface area contributed by atoms with E-state index in [1.807, 2.05) is 19.3 Å². The average molecular weight is 326 g/mol. The molecule has 24 heavy (non-hydrogen) atoms. The third kappa shape index (κ3) is 2.26. The van der Waals surface area contributed by atoms with Crippen LogP contribution >= 0.6 is 0 Å². The summed E-state index contributed by atoms with van der Waals surface area (Å²) in [6.07, 6.45) is 10.7. The Morgan fingerprint density at radius 1 is 1.29 bits per heavy atom. The summed E-state index contributed by atoms with van der Waals surface area (Å²) >= 11 is 0. The maximum atomic E-state index is 12.8. The molecule has 0 radical (unpaired) electrons. The van der Waals surface area contributed by atoms with Gasteiger partial charge in [0, 0.05) is 25.5 Å². The smallest absolute Gasteiger partial charge is 0.252 e. The molecule has 1 aliphatic heterocycles. The Hall–Kier alpha value is -2.44. The van der Waals surface area contributed by atoms with Gasteiger partial charge in [-0.1, -0.05) is 19.8 Å². The summed E-state index contributed by atoms with van der Waals surface area (Å²) in [6, 6.07) is 2.08. The lowest BCUT2D eigenvalue weighted by atomic mass is 10.0. The van der Waals surface area contributed by atoms with Crippen LogP contribution in [0.2, 0.25) is 0 Å². The largest absolute Gasteiger partial charge is 0.340 e. The molecular weight excluding hydrogens is 304 g/mol. The number of carbonyl (C=O) groups is 1. The van der Waals surface area contributed by atoms with Gasteiger partial charge in [-0.3, -0.25) is 4.79 Å². The van der Waals surface area contributed by atoms with Gasteiger partial charge in [0.1, 0.15) is 11.7 Å². The quantitative estimate of drug-likeness (QED) is 0.865. The highest BCUT2D eigenvalue weighted by molar-refractivity contribution is 6.04. The van der Waals surface area contributed by atoms with Gasteiger partial charge < -0.3 is 9.80 Å². The molecule has 1 saturated carbocycles. The lowest BCUT2D eigenvalue weighted by Gasteiger charge is -2.43. The highest BCUT2D eigenvalue weighted by Gasteiger charge is 2.41. The normalized spacial score (nSPS) is 21.4. The van der Waals surface area contributed by atoms with Gasteiger partial charge in [0.05, 0.1) is 6.20 Å². The molecule has 1 amide bonds. The summed E-state index contributed by atoms with van der Waals surface area (Å²) in [5.41, 5.74) is 0.785. The predicted molar refractivity (Wildman–Crippen MR) is 91.4 cm³/mol. The molecule has 0 N–H and O–H groups in total. The fourth-order valence-electron chi connectivity index (χ4n) is 3.87. The summed E-state index contributed by atoms with van der Waals surface area (Å²) in [7, 11) is 1.81. The van der Waals surface area contributed by atoms with E-state index in [4.69, 9.17) is 4.98 Å². The zero-order valence-electron chi connectivity index (χ0n) is 14.1. The Balaban J connectivity index is 1.84. The van der Waals surface area contributed by atoms with E-state index in [0.29, 0.717) is 12.0 Å². The van der Waals surface area contributed by atoms with E-state index in [2.05, 4.69) is 21.9 Å². The molecule has 126 valence electrons. The molecule has 7 heteroatoms. The van der Waals surface area contributed by atoms with Crippen LogP contribution in [-0.4, -0.2) is 44.8 Å². The minimum atomic E-state index is -0.147. The van der Waals surface area contributed by atoms with Gasteiger partial charge in [-0.2, -0.15) is 10.1 Å². The maximum absolute atomic E-state index is 12.8. The number of carbonyl (C=O) groups excluding carboxylic acids is 1. The summed E-state index contributed by atoms with van der Waals surface area (Å²) in [6.45, 7) is 2.07. The monoisotopic (exact) mass is 326 g/mol. The van der Waals surface area contributed by atoms with Crippen molar-refractivity contribution < 1.29 is 4.79 Å². The van der Waals surface area contributed by atoms with Crippen molar-refractivity contribution in [1.82, 2.24) is 19.7 Å². The molecule has 7 nitrogen and oxygen atoms in total. The lowest BCUT2D eigenvalue weighted by molar-refractivity contribution is -0.120. The number of amides is 1. The third-order valence-electron chi connectivity index (χ3n) is 5.11. The summed E-state index contributed by atoms with van der Waals surface area (Å²) in [5.74, 6) is 1.53. The third-order valence-corrected chi connectivity index (χ3v) is 5.11. The molecule has 4 rings (SSSR count). The molecule has 2 aromatic rings. The van der Waals surface area contributed by atoms with Crippen LogP contribution in [0.3, 0.4) is 0 Å². The van der Waals surface area contributed by atoms with E-state index in [1.165, 1.54) is 12.8 Å².